The molecule has 2 nitrogen and oxygen atoms in total. The highest BCUT2D eigenvalue weighted by molar-refractivity contribution is 5.12. The van der Waals surface area contributed by atoms with Gasteiger partial charge in [0.15, 0.2) is 0 Å². The summed E-state index contributed by atoms with van der Waals surface area (Å²) in [7, 11) is 0. The molecule has 0 radical (unpaired) electrons. The molecule has 0 fully saturated rings. The SMILES string of the molecule is CCc1nc(CC(C)C)cnc1C. The number of hydrogen-bond donors (Lipinski definition) is 0. The lowest BCUT2D eigenvalue weighted by molar-refractivity contribution is 0.629. The number of rotatable bonds is 3. The topological polar surface area (TPSA) is 25.8 Å². The smallest absolute Gasteiger partial charge is 0.0616 e. The van der Waals surface area contributed by atoms with Gasteiger partial charge in [0.1, 0.15) is 0 Å². The van der Waals surface area contributed by atoms with Crippen LogP contribution in [-0.2, 0) is 12.8 Å². The second-order valence-corrected chi connectivity index (χ2v) is 3.84. The molecule has 1 heterocycles. The van der Waals surface area contributed by atoms with Crippen LogP contribution in [0.2, 0.25) is 0 Å². The Morgan fingerprint density at radius 1 is 1.38 bits per heavy atom. The summed E-state index contributed by atoms with van der Waals surface area (Å²) in [6, 6.07) is 0. The van der Waals surface area contributed by atoms with Gasteiger partial charge in [0.05, 0.1) is 17.1 Å². The zero-order valence-corrected chi connectivity index (χ0v) is 8.96. The van der Waals surface area contributed by atoms with Gasteiger partial charge in [0, 0.05) is 6.20 Å². The van der Waals surface area contributed by atoms with Crippen LogP contribution in [-0.4, -0.2) is 9.97 Å². The van der Waals surface area contributed by atoms with Crippen molar-refractivity contribution in [2.24, 2.45) is 5.92 Å². The van der Waals surface area contributed by atoms with Gasteiger partial charge in [-0.05, 0) is 25.7 Å². The summed E-state index contributed by atoms with van der Waals surface area (Å²) in [5.41, 5.74) is 3.32. The first-order chi connectivity index (χ1) is 6.13. The Bertz CT molecular complexity index is 279. The van der Waals surface area contributed by atoms with E-state index >= 15 is 0 Å². The second-order valence-electron chi connectivity index (χ2n) is 3.84. The molecule has 0 spiro atoms. The summed E-state index contributed by atoms with van der Waals surface area (Å²) in [4.78, 5) is 8.91. The minimum absolute atomic E-state index is 0.654. The van der Waals surface area contributed by atoms with E-state index in [4.69, 9.17) is 0 Å². The van der Waals surface area contributed by atoms with Crippen molar-refractivity contribution < 1.29 is 0 Å². The van der Waals surface area contributed by atoms with Crippen LogP contribution in [0.3, 0.4) is 0 Å². The Balaban J connectivity index is 2.86. The van der Waals surface area contributed by atoms with E-state index in [0.717, 1.165) is 29.9 Å². The molecule has 2 heteroatoms. The molecule has 0 N–H and O–H groups in total. The molecule has 0 saturated heterocycles. The molecule has 1 aromatic rings. The maximum Gasteiger partial charge on any atom is 0.0616 e. The minimum atomic E-state index is 0.654. The van der Waals surface area contributed by atoms with Gasteiger partial charge in [-0.25, -0.2) is 0 Å². The molecular formula is C11H18N2. The molecule has 0 aromatic carbocycles. The lowest BCUT2D eigenvalue weighted by atomic mass is 10.1. The van der Waals surface area contributed by atoms with Gasteiger partial charge in [-0.15, -0.1) is 0 Å². The first-order valence-electron chi connectivity index (χ1n) is 4.94. The van der Waals surface area contributed by atoms with Crippen molar-refractivity contribution >= 4 is 0 Å². The highest BCUT2D eigenvalue weighted by atomic mass is 14.8. The molecule has 0 bridgehead atoms. The molecule has 0 aliphatic carbocycles. The largest absolute Gasteiger partial charge is 0.258 e. The summed E-state index contributed by atoms with van der Waals surface area (Å²) >= 11 is 0. The van der Waals surface area contributed by atoms with Crippen LogP contribution in [0.5, 0.6) is 0 Å². The molecular weight excluding hydrogens is 160 g/mol. The standard InChI is InChI=1S/C11H18N2/c1-5-11-9(4)12-7-10(13-11)6-8(2)3/h7-8H,5-6H2,1-4H3. The van der Waals surface area contributed by atoms with Crippen LogP contribution in [0.15, 0.2) is 6.20 Å². The number of hydrogen-bond acceptors (Lipinski definition) is 2. The first-order valence-corrected chi connectivity index (χ1v) is 4.94. The van der Waals surface area contributed by atoms with Gasteiger partial charge in [-0.1, -0.05) is 20.8 Å². The average molecular weight is 178 g/mol. The van der Waals surface area contributed by atoms with Gasteiger partial charge < -0.3 is 0 Å². The third-order valence-electron chi connectivity index (χ3n) is 2.06. The maximum atomic E-state index is 4.57. The third-order valence-corrected chi connectivity index (χ3v) is 2.06. The quantitative estimate of drug-likeness (QED) is 0.711. The van der Waals surface area contributed by atoms with Crippen LogP contribution >= 0.6 is 0 Å². The summed E-state index contributed by atoms with van der Waals surface area (Å²) in [6.07, 6.45) is 3.90. The number of aryl methyl sites for hydroxylation is 2. The Morgan fingerprint density at radius 3 is 2.62 bits per heavy atom. The van der Waals surface area contributed by atoms with Crippen molar-refractivity contribution in [3.8, 4) is 0 Å². The van der Waals surface area contributed by atoms with Crippen molar-refractivity contribution in [3.63, 3.8) is 0 Å². The summed E-state index contributed by atoms with van der Waals surface area (Å²) in [5, 5.41) is 0. The first kappa shape index (κ1) is 10.2. The zero-order valence-electron chi connectivity index (χ0n) is 8.96. The molecule has 0 unspecified atom stereocenters. The van der Waals surface area contributed by atoms with Crippen LogP contribution < -0.4 is 0 Å². The van der Waals surface area contributed by atoms with E-state index in [1.54, 1.807) is 0 Å². The summed E-state index contributed by atoms with van der Waals surface area (Å²) in [6.45, 7) is 8.54. The molecule has 0 aliphatic rings. The lowest BCUT2D eigenvalue weighted by Gasteiger charge is -2.06. The Hall–Kier alpha value is -0.920. The highest BCUT2D eigenvalue weighted by Gasteiger charge is 2.03. The van der Waals surface area contributed by atoms with Crippen LogP contribution in [0.25, 0.3) is 0 Å². The molecule has 0 saturated carbocycles. The van der Waals surface area contributed by atoms with Crippen LogP contribution in [0.4, 0.5) is 0 Å². The van der Waals surface area contributed by atoms with E-state index in [1.807, 2.05) is 13.1 Å². The van der Waals surface area contributed by atoms with E-state index < -0.39 is 0 Å². The van der Waals surface area contributed by atoms with E-state index in [9.17, 15) is 0 Å². The minimum Gasteiger partial charge on any atom is -0.258 e. The predicted octanol–water partition coefficient (Wildman–Crippen LogP) is 2.55. The molecule has 0 atom stereocenters. The fourth-order valence-corrected chi connectivity index (χ4v) is 1.38. The average Bonchev–Trinajstić information content (AvgIpc) is 2.07. The van der Waals surface area contributed by atoms with Crippen molar-refractivity contribution in [3.05, 3.63) is 23.3 Å². The Labute approximate surface area is 80.4 Å². The van der Waals surface area contributed by atoms with Crippen molar-refractivity contribution in [1.82, 2.24) is 9.97 Å². The number of nitrogens with zero attached hydrogens (tertiary/aromatic N) is 2. The normalized spacial score (nSPS) is 10.8. The van der Waals surface area contributed by atoms with Gasteiger partial charge in [-0.3, -0.25) is 9.97 Å². The molecule has 72 valence electrons. The summed E-state index contributed by atoms with van der Waals surface area (Å²) in [5.74, 6) is 0.654. The van der Waals surface area contributed by atoms with Gasteiger partial charge >= 0.3 is 0 Å². The van der Waals surface area contributed by atoms with E-state index in [-0.39, 0.29) is 0 Å². The fraction of sp³-hybridized carbons (Fsp3) is 0.636. The van der Waals surface area contributed by atoms with Crippen LogP contribution in [0, 0.1) is 12.8 Å². The third kappa shape index (κ3) is 2.79. The van der Waals surface area contributed by atoms with E-state index in [2.05, 4.69) is 30.7 Å². The Morgan fingerprint density at radius 2 is 2.08 bits per heavy atom. The molecule has 1 aromatic heterocycles. The monoisotopic (exact) mass is 178 g/mol. The van der Waals surface area contributed by atoms with Crippen LogP contribution in [0.1, 0.15) is 37.9 Å². The second kappa shape index (κ2) is 4.35. The molecule has 1 rings (SSSR count). The van der Waals surface area contributed by atoms with Crippen molar-refractivity contribution in [1.29, 1.82) is 0 Å². The summed E-state index contributed by atoms with van der Waals surface area (Å²) < 4.78 is 0. The van der Waals surface area contributed by atoms with Gasteiger partial charge in [0.2, 0.25) is 0 Å². The zero-order chi connectivity index (χ0) is 9.84. The van der Waals surface area contributed by atoms with Crippen molar-refractivity contribution in [2.75, 3.05) is 0 Å². The Kier molecular flexibility index (Phi) is 3.40. The van der Waals surface area contributed by atoms with E-state index in [0.29, 0.717) is 5.92 Å². The predicted molar refractivity (Wildman–Crippen MR) is 54.7 cm³/mol. The highest BCUT2D eigenvalue weighted by Crippen LogP contribution is 2.07. The van der Waals surface area contributed by atoms with Gasteiger partial charge in [-0.2, -0.15) is 0 Å². The lowest BCUT2D eigenvalue weighted by Crippen LogP contribution is -2.03. The van der Waals surface area contributed by atoms with E-state index in [1.165, 1.54) is 0 Å². The molecule has 13 heavy (non-hydrogen) atoms. The molecule has 0 aliphatic heterocycles. The number of aromatic nitrogens is 2. The van der Waals surface area contributed by atoms with Crippen molar-refractivity contribution in [2.45, 2.75) is 40.5 Å². The fourth-order valence-electron chi connectivity index (χ4n) is 1.38. The maximum absolute atomic E-state index is 4.57. The molecule has 0 amide bonds. The van der Waals surface area contributed by atoms with Gasteiger partial charge in [0.25, 0.3) is 0 Å².